The fourth-order valence-electron chi connectivity index (χ4n) is 6.66. The molecule has 0 saturated carbocycles. The van der Waals surface area contributed by atoms with Gasteiger partial charge >= 0.3 is 0 Å². The second kappa shape index (κ2) is 11.6. The SMILES string of the molecule is c1ccc(-c2ccc(-c3nc(-c4ccc5ccccc5c4)nc(-c4cccc5oc6cc7nc(-c8ccccc8)sc7cc6c45)n3)cc2)cc1. The monoisotopic (exact) mass is 658 g/mol. The van der Waals surface area contributed by atoms with Crippen molar-refractivity contribution in [3.8, 4) is 55.9 Å². The summed E-state index contributed by atoms with van der Waals surface area (Å²) in [5, 5.41) is 5.26. The lowest BCUT2D eigenvalue weighted by atomic mass is 10.0. The third kappa shape index (κ3) is 4.93. The normalized spacial score (nSPS) is 11.6. The number of hydrogen-bond acceptors (Lipinski definition) is 6. The summed E-state index contributed by atoms with van der Waals surface area (Å²) in [6, 6.07) is 54.1. The molecular weight excluding hydrogens is 633 g/mol. The first-order chi connectivity index (χ1) is 24.7. The van der Waals surface area contributed by atoms with Crippen LogP contribution in [0, 0.1) is 0 Å². The largest absolute Gasteiger partial charge is 0.456 e. The molecule has 5 nitrogen and oxygen atoms in total. The molecule has 0 bridgehead atoms. The average Bonchev–Trinajstić information content (AvgIpc) is 3.78. The van der Waals surface area contributed by atoms with Gasteiger partial charge in [0, 0.05) is 39.1 Å². The van der Waals surface area contributed by atoms with Crippen molar-refractivity contribution in [2.24, 2.45) is 0 Å². The summed E-state index contributed by atoms with van der Waals surface area (Å²) < 4.78 is 7.56. The summed E-state index contributed by atoms with van der Waals surface area (Å²) in [5.41, 5.74) is 8.62. The van der Waals surface area contributed by atoms with Gasteiger partial charge in [-0.1, -0.05) is 133 Å². The predicted molar refractivity (Wildman–Crippen MR) is 205 cm³/mol. The summed E-state index contributed by atoms with van der Waals surface area (Å²) in [6.45, 7) is 0. The van der Waals surface area contributed by atoms with Gasteiger partial charge in [0.2, 0.25) is 0 Å². The Morgan fingerprint density at radius 1 is 0.420 bits per heavy atom. The fraction of sp³-hybridized carbons (Fsp3) is 0. The summed E-state index contributed by atoms with van der Waals surface area (Å²) in [4.78, 5) is 20.3. The summed E-state index contributed by atoms with van der Waals surface area (Å²) >= 11 is 1.68. The smallest absolute Gasteiger partial charge is 0.164 e. The highest BCUT2D eigenvalue weighted by atomic mass is 32.1. The molecule has 10 rings (SSSR count). The van der Waals surface area contributed by atoms with Gasteiger partial charge in [-0.3, -0.25) is 0 Å². The van der Waals surface area contributed by atoms with Crippen LogP contribution in [0.1, 0.15) is 0 Å². The van der Waals surface area contributed by atoms with Crippen molar-refractivity contribution in [1.82, 2.24) is 19.9 Å². The van der Waals surface area contributed by atoms with E-state index in [4.69, 9.17) is 24.4 Å². The van der Waals surface area contributed by atoms with Crippen molar-refractivity contribution >= 4 is 54.3 Å². The van der Waals surface area contributed by atoms with Crippen molar-refractivity contribution in [3.63, 3.8) is 0 Å². The number of rotatable bonds is 5. The van der Waals surface area contributed by atoms with Gasteiger partial charge in [-0.2, -0.15) is 0 Å². The molecule has 0 unspecified atom stereocenters. The van der Waals surface area contributed by atoms with Gasteiger partial charge in [0.1, 0.15) is 16.2 Å². The lowest BCUT2D eigenvalue weighted by Gasteiger charge is -2.10. The highest BCUT2D eigenvalue weighted by Gasteiger charge is 2.19. The minimum Gasteiger partial charge on any atom is -0.456 e. The number of hydrogen-bond donors (Lipinski definition) is 0. The lowest BCUT2D eigenvalue weighted by molar-refractivity contribution is 0.669. The third-order valence-electron chi connectivity index (χ3n) is 9.16. The van der Waals surface area contributed by atoms with E-state index in [9.17, 15) is 0 Å². The topological polar surface area (TPSA) is 64.7 Å². The number of fused-ring (bicyclic) bond motifs is 5. The molecule has 0 aliphatic rings. The maximum absolute atomic E-state index is 6.46. The van der Waals surface area contributed by atoms with Crippen LogP contribution in [-0.2, 0) is 0 Å². The first-order valence-corrected chi connectivity index (χ1v) is 17.3. The van der Waals surface area contributed by atoms with Crippen molar-refractivity contribution in [3.05, 3.63) is 158 Å². The number of thiazole rings is 1. The Bertz CT molecular complexity index is 2860. The van der Waals surface area contributed by atoms with E-state index in [0.717, 1.165) is 75.9 Å². The van der Waals surface area contributed by atoms with E-state index < -0.39 is 0 Å². The van der Waals surface area contributed by atoms with Crippen LogP contribution in [0.5, 0.6) is 0 Å². The summed E-state index contributed by atoms with van der Waals surface area (Å²) in [6.07, 6.45) is 0. The molecule has 0 amide bonds. The minimum absolute atomic E-state index is 0.591. The van der Waals surface area contributed by atoms with Crippen molar-refractivity contribution in [2.75, 3.05) is 0 Å². The van der Waals surface area contributed by atoms with Crippen LogP contribution < -0.4 is 0 Å². The van der Waals surface area contributed by atoms with Gasteiger partial charge in [0.05, 0.1) is 10.2 Å². The molecular formula is C44H26N4OS. The highest BCUT2D eigenvalue weighted by Crippen LogP contribution is 2.40. The van der Waals surface area contributed by atoms with Crippen LogP contribution in [0.2, 0.25) is 0 Å². The van der Waals surface area contributed by atoms with Crippen molar-refractivity contribution in [1.29, 1.82) is 0 Å². The first-order valence-electron chi connectivity index (χ1n) is 16.5. The van der Waals surface area contributed by atoms with Gasteiger partial charge in [-0.25, -0.2) is 19.9 Å². The molecule has 0 saturated heterocycles. The van der Waals surface area contributed by atoms with Crippen LogP contribution in [0.4, 0.5) is 0 Å². The maximum Gasteiger partial charge on any atom is 0.164 e. The molecule has 0 aliphatic carbocycles. The Hall–Kier alpha value is -6.50. The van der Waals surface area contributed by atoms with Crippen molar-refractivity contribution in [2.45, 2.75) is 0 Å². The van der Waals surface area contributed by atoms with E-state index in [1.807, 2.05) is 42.5 Å². The van der Waals surface area contributed by atoms with E-state index in [-0.39, 0.29) is 0 Å². The van der Waals surface area contributed by atoms with Gasteiger partial charge in [-0.15, -0.1) is 11.3 Å². The number of furan rings is 1. The van der Waals surface area contributed by atoms with Gasteiger partial charge in [0.25, 0.3) is 0 Å². The Labute approximate surface area is 291 Å². The molecule has 6 heteroatoms. The Balaban J connectivity index is 1.16. The fourth-order valence-corrected chi connectivity index (χ4v) is 7.66. The van der Waals surface area contributed by atoms with Gasteiger partial charge < -0.3 is 4.42 Å². The van der Waals surface area contributed by atoms with E-state index in [0.29, 0.717) is 17.5 Å². The first kappa shape index (κ1) is 28.5. The molecule has 0 N–H and O–H groups in total. The molecule has 0 aliphatic heterocycles. The molecule has 50 heavy (non-hydrogen) atoms. The van der Waals surface area contributed by atoms with Crippen LogP contribution >= 0.6 is 11.3 Å². The highest BCUT2D eigenvalue weighted by molar-refractivity contribution is 7.21. The number of benzene rings is 7. The standard InChI is InChI=1S/C44H26N4OS/c1-3-10-27(11-4-1)29-18-21-30(22-19-29)41-46-42(33-23-20-28-12-7-8-15-32(28)24-33)48-43(47-41)34-16-9-17-37-40(34)35-25-39-36(26-38(35)49-37)45-44(50-39)31-13-5-2-6-14-31/h1-26H. The zero-order valence-electron chi connectivity index (χ0n) is 26.6. The molecule has 3 aromatic heterocycles. The Morgan fingerprint density at radius 2 is 1.06 bits per heavy atom. The zero-order chi connectivity index (χ0) is 33.0. The van der Waals surface area contributed by atoms with Crippen LogP contribution in [0.15, 0.2) is 162 Å². The molecule has 7 aromatic carbocycles. The molecule has 10 aromatic rings. The van der Waals surface area contributed by atoms with Crippen LogP contribution in [-0.4, -0.2) is 19.9 Å². The van der Waals surface area contributed by atoms with Gasteiger partial charge in [0.15, 0.2) is 17.5 Å². The number of aromatic nitrogens is 4. The van der Waals surface area contributed by atoms with Gasteiger partial charge in [-0.05, 0) is 40.1 Å². The zero-order valence-corrected chi connectivity index (χ0v) is 27.4. The summed E-state index contributed by atoms with van der Waals surface area (Å²) in [7, 11) is 0. The molecule has 3 heterocycles. The molecule has 0 atom stereocenters. The predicted octanol–water partition coefficient (Wildman–Crippen LogP) is 11.9. The molecule has 0 radical (unpaired) electrons. The van der Waals surface area contributed by atoms with E-state index in [1.165, 1.54) is 5.39 Å². The van der Waals surface area contributed by atoms with Crippen molar-refractivity contribution < 1.29 is 4.42 Å². The molecule has 234 valence electrons. The van der Waals surface area contributed by atoms with E-state index in [1.54, 1.807) is 11.3 Å². The second-order valence-electron chi connectivity index (χ2n) is 12.3. The lowest BCUT2D eigenvalue weighted by Crippen LogP contribution is -2.00. The minimum atomic E-state index is 0.591. The average molecular weight is 659 g/mol. The van der Waals surface area contributed by atoms with Crippen LogP contribution in [0.3, 0.4) is 0 Å². The number of nitrogens with zero attached hydrogens (tertiary/aromatic N) is 4. The van der Waals surface area contributed by atoms with Crippen LogP contribution in [0.25, 0.3) is 98.8 Å². The third-order valence-corrected chi connectivity index (χ3v) is 10.2. The van der Waals surface area contributed by atoms with E-state index >= 15 is 0 Å². The Kier molecular flexibility index (Phi) is 6.60. The quantitative estimate of drug-likeness (QED) is 0.184. The molecule has 0 spiro atoms. The Morgan fingerprint density at radius 3 is 1.86 bits per heavy atom. The van der Waals surface area contributed by atoms with E-state index in [2.05, 4.69) is 115 Å². The molecule has 0 fully saturated rings. The second-order valence-corrected chi connectivity index (χ2v) is 13.3. The summed E-state index contributed by atoms with van der Waals surface area (Å²) in [5.74, 6) is 1.82. The maximum atomic E-state index is 6.46.